The van der Waals surface area contributed by atoms with Crippen LogP contribution in [0.5, 0.6) is 0 Å². The molecule has 0 radical (unpaired) electrons. The Kier molecular flexibility index (Phi) is 3.87. The number of hydrogen-bond acceptors (Lipinski definition) is 3. The Morgan fingerprint density at radius 1 is 1.26 bits per heavy atom. The van der Waals surface area contributed by atoms with Crippen molar-refractivity contribution in [2.45, 2.75) is 26.7 Å². The molecule has 1 aliphatic rings. The van der Waals surface area contributed by atoms with E-state index in [2.05, 4.69) is 11.4 Å². The van der Waals surface area contributed by atoms with E-state index in [1.54, 1.807) is 0 Å². The van der Waals surface area contributed by atoms with E-state index in [0.29, 0.717) is 26.1 Å². The molecule has 4 heteroatoms. The summed E-state index contributed by atoms with van der Waals surface area (Å²) >= 11 is 0. The van der Waals surface area contributed by atoms with Gasteiger partial charge in [-0.1, -0.05) is 6.07 Å². The van der Waals surface area contributed by atoms with E-state index >= 15 is 0 Å². The van der Waals surface area contributed by atoms with Crippen LogP contribution in [0, 0.1) is 30.6 Å². The summed E-state index contributed by atoms with van der Waals surface area (Å²) in [5, 5.41) is 12.2. The molecule has 1 amide bonds. The molecule has 2 rings (SSSR count). The van der Waals surface area contributed by atoms with Gasteiger partial charge in [0.05, 0.1) is 6.07 Å². The second kappa shape index (κ2) is 5.41. The number of carbonyl (C=O) groups is 1. The summed E-state index contributed by atoms with van der Waals surface area (Å²) in [5.74, 6) is -0.219. The predicted octanol–water partition coefficient (Wildman–Crippen LogP) is 2.56. The summed E-state index contributed by atoms with van der Waals surface area (Å²) in [6, 6.07) is 8.04. The Hall–Kier alpha value is -1.86. The first-order valence-corrected chi connectivity index (χ1v) is 6.44. The first-order chi connectivity index (χ1) is 9.05. The van der Waals surface area contributed by atoms with Gasteiger partial charge in [-0.2, -0.15) is 5.26 Å². The number of benzene rings is 1. The molecule has 19 heavy (non-hydrogen) atoms. The molecule has 1 saturated heterocycles. The number of amides is 1. The Bertz CT molecular complexity index is 505. The molecule has 0 unspecified atom stereocenters. The van der Waals surface area contributed by atoms with Gasteiger partial charge < -0.3 is 10.1 Å². The summed E-state index contributed by atoms with van der Waals surface area (Å²) in [6.45, 7) is 4.90. The van der Waals surface area contributed by atoms with Crippen LogP contribution >= 0.6 is 0 Å². The normalized spacial score (nSPS) is 17.5. The van der Waals surface area contributed by atoms with E-state index in [1.807, 2.05) is 32.0 Å². The number of anilines is 1. The van der Waals surface area contributed by atoms with Crippen molar-refractivity contribution < 1.29 is 9.53 Å². The minimum atomic E-state index is -0.949. The minimum Gasteiger partial charge on any atom is -0.381 e. The molecular weight excluding hydrogens is 240 g/mol. The molecule has 1 aromatic rings. The molecular formula is C15H18N2O2. The lowest BCUT2D eigenvalue weighted by molar-refractivity contribution is -0.126. The van der Waals surface area contributed by atoms with Gasteiger partial charge in [-0.25, -0.2) is 0 Å². The van der Waals surface area contributed by atoms with Crippen LogP contribution in [0.3, 0.4) is 0 Å². The van der Waals surface area contributed by atoms with Crippen molar-refractivity contribution in [3.63, 3.8) is 0 Å². The highest BCUT2D eigenvalue weighted by Gasteiger charge is 2.40. The van der Waals surface area contributed by atoms with Crippen LogP contribution in [0.4, 0.5) is 5.69 Å². The van der Waals surface area contributed by atoms with Crippen LogP contribution in [0.15, 0.2) is 18.2 Å². The molecule has 1 N–H and O–H groups in total. The highest BCUT2D eigenvalue weighted by atomic mass is 16.5. The Morgan fingerprint density at radius 2 is 1.84 bits per heavy atom. The number of ether oxygens (including phenoxy) is 1. The van der Waals surface area contributed by atoms with Gasteiger partial charge in [0.1, 0.15) is 5.41 Å². The SMILES string of the molecule is Cc1cc(C)cc(NC(=O)C2(C#N)CCOCC2)c1. The summed E-state index contributed by atoms with van der Waals surface area (Å²) in [4.78, 5) is 12.4. The Balaban J connectivity index is 2.18. The zero-order chi connectivity index (χ0) is 13.9. The van der Waals surface area contributed by atoms with Crippen LogP contribution in [0.2, 0.25) is 0 Å². The van der Waals surface area contributed by atoms with Crippen LogP contribution in [0.1, 0.15) is 24.0 Å². The van der Waals surface area contributed by atoms with Crippen molar-refractivity contribution in [3.05, 3.63) is 29.3 Å². The summed E-state index contributed by atoms with van der Waals surface area (Å²) in [6.07, 6.45) is 0.917. The number of nitrogens with one attached hydrogen (secondary N) is 1. The molecule has 1 fully saturated rings. The number of rotatable bonds is 2. The minimum absolute atomic E-state index is 0.219. The monoisotopic (exact) mass is 258 g/mol. The largest absolute Gasteiger partial charge is 0.381 e. The lowest BCUT2D eigenvalue weighted by Gasteiger charge is -2.29. The Morgan fingerprint density at radius 3 is 2.37 bits per heavy atom. The molecule has 0 saturated carbocycles. The van der Waals surface area contributed by atoms with Gasteiger partial charge >= 0.3 is 0 Å². The molecule has 0 bridgehead atoms. The number of aryl methyl sites for hydroxylation is 2. The van der Waals surface area contributed by atoms with Gasteiger partial charge in [0.25, 0.3) is 0 Å². The van der Waals surface area contributed by atoms with E-state index in [1.165, 1.54) is 0 Å². The van der Waals surface area contributed by atoms with Crippen molar-refractivity contribution in [1.82, 2.24) is 0 Å². The van der Waals surface area contributed by atoms with Crippen molar-refractivity contribution in [2.24, 2.45) is 5.41 Å². The molecule has 0 aromatic heterocycles. The predicted molar refractivity (Wildman–Crippen MR) is 72.6 cm³/mol. The van der Waals surface area contributed by atoms with E-state index in [0.717, 1.165) is 16.8 Å². The van der Waals surface area contributed by atoms with Crippen molar-refractivity contribution in [1.29, 1.82) is 5.26 Å². The molecule has 0 spiro atoms. The molecule has 1 aliphatic heterocycles. The Labute approximate surface area is 113 Å². The maximum Gasteiger partial charge on any atom is 0.245 e. The fourth-order valence-corrected chi connectivity index (χ4v) is 2.41. The van der Waals surface area contributed by atoms with Crippen LogP contribution < -0.4 is 5.32 Å². The van der Waals surface area contributed by atoms with E-state index < -0.39 is 5.41 Å². The zero-order valence-corrected chi connectivity index (χ0v) is 11.3. The number of nitriles is 1. The molecule has 0 aliphatic carbocycles. The number of carbonyl (C=O) groups excluding carboxylic acids is 1. The third kappa shape index (κ3) is 2.94. The van der Waals surface area contributed by atoms with Gasteiger partial charge in [0.15, 0.2) is 0 Å². The molecule has 0 atom stereocenters. The van der Waals surface area contributed by atoms with Gasteiger partial charge in [-0.15, -0.1) is 0 Å². The van der Waals surface area contributed by atoms with Gasteiger partial charge in [-0.3, -0.25) is 4.79 Å². The quantitative estimate of drug-likeness (QED) is 0.886. The molecule has 4 nitrogen and oxygen atoms in total. The van der Waals surface area contributed by atoms with Crippen LogP contribution in [-0.4, -0.2) is 19.1 Å². The smallest absolute Gasteiger partial charge is 0.245 e. The zero-order valence-electron chi connectivity index (χ0n) is 11.3. The van der Waals surface area contributed by atoms with Crippen LogP contribution in [-0.2, 0) is 9.53 Å². The number of hydrogen-bond donors (Lipinski definition) is 1. The second-order valence-corrected chi connectivity index (χ2v) is 5.14. The summed E-state index contributed by atoms with van der Waals surface area (Å²) in [5.41, 5.74) is 1.99. The van der Waals surface area contributed by atoms with Crippen LogP contribution in [0.25, 0.3) is 0 Å². The first-order valence-electron chi connectivity index (χ1n) is 6.44. The van der Waals surface area contributed by atoms with Crippen molar-refractivity contribution in [2.75, 3.05) is 18.5 Å². The van der Waals surface area contributed by atoms with Crippen molar-refractivity contribution in [3.8, 4) is 6.07 Å². The second-order valence-electron chi connectivity index (χ2n) is 5.14. The summed E-state index contributed by atoms with van der Waals surface area (Å²) < 4.78 is 5.23. The fourth-order valence-electron chi connectivity index (χ4n) is 2.41. The van der Waals surface area contributed by atoms with E-state index in [9.17, 15) is 10.1 Å². The molecule has 1 aromatic carbocycles. The highest BCUT2D eigenvalue weighted by Crippen LogP contribution is 2.31. The highest BCUT2D eigenvalue weighted by molar-refractivity contribution is 5.97. The average Bonchev–Trinajstić information content (AvgIpc) is 2.38. The molecule has 1 heterocycles. The first kappa shape index (κ1) is 13.6. The number of nitrogens with zero attached hydrogens (tertiary/aromatic N) is 1. The van der Waals surface area contributed by atoms with Gasteiger partial charge in [-0.05, 0) is 49.9 Å². The van der Waals surface area contributed by atoms with Crippen molar-refractivity contribution >= 4 is 11.6 Å². The molecule has 100 valence electrons. The van der Waals surface area contributed by atoms with E-state index in [4.69, 9.17) is 4.74 Å². The van der Waals surface area contributed by atoms with Gasteiger partial charge in [0, 0.05) is 18.9 Å². The third-order valence-electron chi connectivity index (χ3n) is 3.47. The third-order valence-corrected chi connectivity index (χ3v) is 3.47. The maximum absolute atomic E-state index is 12.4. The lowest BCUT2D eigenvalue weighted by Crippen LogP contribution is -2.39. The fraction of sp³-hybridized carbons (Fsp3) is 0.467. The summed E-state index contributed by atoms with van der Waals surface area (Å²) in [7, 11) is 0. The lowest BCUT2D eigenvalue weighted by atomic mass is 9.81. The maximum atomic E-state index is 12.4. The standard InChI is InChI=1S/C15H18N2O2/c1-11-7-12(2)9-13(8-11)17-14(18)15(10-16)3-5-19-6-4-15/h7-9H,3-6H2,1-2H3,(H,17,18). The topological polar surface area (TPSA) is 62.1 Å². The van der Waals surface area contributed by atoms with Gasteiger partial charge in [0.2, 0.25) is 5.91 Å². The van der Waals surface area contributed by atoms with E-state index in [-0.39, 0.29) is 5.91 Å². The average molecular weight is 258 g/mol.